The van der Waals surface area contributed by atoms with E-state index in [1.807, 2.05) is 19.9 Å². The molecule has 0 aromatic carbocycles. The maximum Gasteiger partial charge on any atom is 0.237 e. The Balaban J connectivity index is 4.17. The zero-order valence-electron chi connectivity index (χ0n) is 10.5. The van der Waals surface area contributed by atoms with Gasteiger partial charge in [0.05, 0.1) is 11.8 Å². The predicted octanol–water partition coefficient (Wildman–Crippen LogP) is 0.963. The molecular weight excluding hydrogens is 240 g/mol. The molecule has 0 aliphatic rings. The van der Waals surface area contributed by atoms with Crippen LogP contribution < -0.4 is 0 Å². The summed E-state index contributed by atoms with van der Waals surface area (Å²) in [5.74, 6) is -0.765. The summed E-state index contributed by atoms with van der Waals surface area (Å²) in [7, 11) is -3.33. The lowest BCUT2D eigenvalue weighted by atomic mass is 10.3. The molecule has 0 spiro atoms. The molecule has 6 heteroatoms. The summed E-state index contributed by atoms with van der Waals surface area (Å²) >= 11 is 0. The number of sulfone groups is 1. The minimum absolute atomic E-state index is 0.0122. The van der Waals surface area contributed by atoms with E-state index in [9.17, 15) is 13.2 Å². The van der Waals surface area contributed by atoms with Gasteiger partial charge in [-0.25, -0.2) is 8.42 Å². The molecule has 0 N–H and O–H groups in total. The van der Waals surface area contributed by atoms with Crippen molar-refractivity contribution in [3.63, 3.8) is 0 Å². The number of nitrogens with zero attached hydrogens (tertiary/aromatic N) is 2. The fourth-order valence-corrected chi connectivity index (χ4v) is 2.80. The van der Waals surface area contributed by atoms with E-state index in [1.165, 1.54) is 4.90 Å². The summed E-state index contributed by atoms with van der Waals surface area (Å²) in [6, 6.07) is 1.96. The Hall–Kier alpha value is -1.09. The standard InChI is InChI=1S/C11H20N2O3S/c1-3-13(4-2)11(14)10-17(15,16)9-7-5-6-8-12/h3-7,9-10H2,1-2H3. The second kappa shape index (κ2) is 8.07. The van der Waals surface area contributed by atoms with Gasteiger partial charge in [-0.1, -0.05) is 0 Å². The van der Waals surface area contributed by atoms with Crippen LogP contribution in [0.15, 0.2) is 0 Å². The zero-order chi connectivity index (χ0) is 13.3. The van der Waals surface area contributed by atoms with Crippen molar-refractivity contribution in [3.05, 3.63) is 0 Å². The van der Waals surface area contributed by atoms with E-state index in [4.69, 9.17) is 5.26 Å². The second-order valence-electron chi connectivity index (χ2n) is 3.77. The fourth-order valence-electron chi connectivity index (χ4n) is 1.45. The number of rotatable bonds is 8. The van der Waals surface area contributed by atoms with Crippen molar-refractivity contribution in [1.29, 1.82) is 5.26 Å². The van der Waals surface area contributed by atoms with Crippen molar-refractivity contribution < 1.29 is 13.2 Å². The molecule has 0 aromatic heterocycles. The molecule has 0 saturated carbocycles. The molecule has 0 aliphatic carbocycles. The van der Waals surface area contributed by atoms with Crippen LogP contribution in [0.1, 0.15) is 33.1 Å². The molecule has 0 bridgehead atoms. The number of unbranched alkanes of at least 4 members (excludes halogenated alkanes) is 2. The van der Waals surface area contributed by atoms with E-state index >= 15 is 0 Å². The van der Waals surface area contributed by atoms with E-state index in [1.54, 1.807) is 0 Å². The lowest BCUT2D eigenvalue weighted by molar-refractivity contribution is -0.128. The maximum absolute atomic E-state index is 11.6. The van der Waals surface area contributed by atoms with E-state index in [0.29, 0.717) is 32.4 Å². The quantitative estimate of drug-likeness (QED) is 0.609. The third-order valence-electron chi connectivity index (χ3n) is 2.45. The van der Waals surface area contributed by atoms with E-state index in [-0.39, 0.29) is 11.7 Å². The third-order valence-corrected chi connectivity index (χ3v) is 4.05. The highest BCUT2D eigenvalue weighted by atomic mass is 32.2. The molecule has 0 fully saturated rings. The predicted molar refractivity (Wildman–Crippen MR) is 66.0 cm³/mol. The lowest BCUT2D eigenvalue weighted by Gasteiger charge is -2.18. The van der Waals surface area contributed by atoms with Gasteiger partial charge in [0.25, 0.3) is 0 Å². The first kappa shape index (κ1) is 15.9. The molecule has 5 nitrogen and oxygen atoms in total. The number of hydrogen-bond acceptors (Lipinski definition) is 4. The van der Waals surface area contributed by atoms with Crippen molar-refractivity contribution >= 4 is 15.7 Å². The van der Waals surface area contributed by atoms with E-state index < -0.39 is 15.6 Å². The first-order valence-corrected chi connectivity index (χ1v) is 7.64. The van der Waals surface area contributed by atoms with Gasteiger partial charge in [-0.2, -0.15) is 5.26 Å². The minimum atomic E-state index is -3.33. The molecule has 0 unspecified atom stereocenters. The monoisotopic (exact) mass is 260 g/mol. The Bertz CT molecular complexity index is 367. The number of amides is 1. The van der Waals surface area contributed by atoms with Crippen molar-refractivity contribution in [2.45, 2.75) is 33.1 Å². The summed E-state index contributed by atoms with van der Waals surface area (Å²) in [4.78, 5) is 13.1. The van der Waals surface area contributed by atoms with Crippen LogP contribution in [0.25, 0.3) is 0 Å². The molecule has 1 amide bonds. The van der Waals surface area contributed by atoms with Crippen molar-refractivity contribution in [3.8, 4) is 6.07 Å². The van der Waals surface area contributed by atoms with Crippen LogP contribution in [0.5, 0.6) is 0 Å². The van der Waals surface area contributed by atoms with E-state index in [2.05, 4.69) is 0 Å². The Morgan fingerprint density at radius 2 is 1.82 bits per heavy atom. The SMILES string of the molecule is CCN(CC)C(=O)CS(=O)(=O)CCCCC#N. The van der Waals surface area contributed by atoms with Gasteiger partial charge >= 0.3 is 0 Å². The van der Waals surface area contributed by atoms with Gasteiger partial charge in [0.15, 0.2) is 9.84 Å². The van der Waals surface area contributed by atoms with Crippen LogP contribution in [0, 0.1) is 11.3 Å². The van der Waals surface area contributed by atoms with Crippen molar-refractivity contribution in [2.24, 2.45) is 0 Å². The summed E-state index contributed by atoms with van der Waals surface area (Å²) in [5.41, 5.74) is 0. The Kier molecular flexibility index (Phi) is 7.55. The normalized spacial score (nSPS) is 10.9. The van der Waals surface area contributed by atoms with Crippen LogP contribution in [-0.2, 0) is 14.6 Å². The average molecular weight is 260 g/mol. The molecular formula is C11H20N2O3S. The van der Waals surface area contributed by atoms with Gasteiger partial charge in [-0.15, -0.1) is 0 Å². The molecule has 0 atom stereocenters. The highest BCUT2D eigenvalue weighted by molar-refractivity contribution is 7.92. The number of carbonyl (C=O) groups excluding carboxylic acids is 1. The van der Waals surface area contributed by atoms with Crippen molar-refractivity contribution in [1.82, 2.24) is 4.90 Å². The second-order valence-corrected chi connectivity index (χ2v) is 5.96. The average Bonchev–Trinajstić information content (AvgIpc) is 2.25. The summed E-state index contributed by atoms with van der Waals surface area (Å²) in [6.07, 6.45) is 1.37. The number of nitriles is 1. The topological polar surface area (TPSA) is 78.2 Å². The van der Waals surface area contributed by atoms with Gasteiger partial charge < -0.3 is 4.90 Å². The zero-order valence-corrected chi connectivity index (χ0v) is 11.3. The number of carbonyl (C=O) groups is 1. The Morgan fingerprint density at radius 1 is 1.24 bits per heavy atom. The molecule has 0 heterocycles. The van der Waals surface area contributed by atoms with Crippen LogP contribution in [-0.4, -0.2) is 43.8 Å². The summed E-state index contributed by atoms with van der Waals surface area (Å²) in [5, 5.41) is 8.32. The Labute approximate surface area is 103 Å². The molecule has 0 aromatic rings. The molecule has 17 heavy (non-hydrogen) atoms. The van der Waals surface area contributed by atoms with Gasteiger partial charge in [0.2, 0.25) is 5.91 Å². The van der Waals surface area contributed by atoms with E-state index in [0.717, 1.165) is 0 Å². The van der Waals surface area contributed by atoms with Crippen LogP contribution in [0.4, 0.5) is 0 Å². The van der Waals surface area contributed by atoms with Crippen LogP contribution in [0.3, 0.4) is 0 Å². The molecule has 0 aliphatic heterocycles. The number of hydrogen-bond donors (Lipinski definition) is 0. The first-order chi connectivity index (χ1) is 7.96. The fraction of sp³-hybridized carbons (Fsp3) is 0.818. The summed E-state index contributed by atoms with van der Waals surface area (Å²) < 4.78 is 23.2. The molecule has 0 rings (SSSR count). The lowest BCUT2D eigenvalue weighted by Crippen LogP contribution is -2.36. The van der Waals surface area contributed by atoms with Crippen molar-refractivity contribution in [2.75, 3.05) is 24.6 Å². The summed E-state index contributed by atoms with van der Waals surface area (Å²) in [6.45, 7) is 4.69. The Morgan fingerprint density at radius 3 is 2.29 bits per heavy atom. The van der Waals surface area contributed by atoms with Gasteiger partial charge in [0, 0.05) is 19.5 Å². The molecule has 98 valence electrons. The van der Waals surface area contributed by atoms with Crippen LogP contribution in [0.2, 0.25) is 0 Å². The van der Waals surface area contributed by atoms with Gasteiger partial charge in [-0.3, -0.25) is 4.79 Å². The van der Waals surface area contributed by atoms with Gasteiger partial charge in [-0.05, 0) is 26.7 Å². The van der Waals surface area contributed by atoms with Gasteiger partial charge in [0.1, 0.15) is 5.75 Å². The largest absolute Gasteiger partial charge is 0.342 e. The third kappa shape index (κ3) is 6.95. The molecule has 0 saturated heterocycles. The molecule has 0 radical (unpaired) electrons. The van der Waals surface area contributed by atoms with Crippen LogP contribution >= 0.6 is 0 Å². The minimum Gasteiger partial charge on any atom is -0.342 e. The highest BCUT2D eigenvalue weighted by Gasteiger charge is 2.19. The smallest absolute Gasteiger partial charge is 0.237 e. The first-order valence-electron chi connectivity index (χ1n) is 5.82. The maximum atomic E-state index is 11.6. The highest BCUT2D eigenvalue weighted by Crippen LogP contribution is 2.02.